The number of rotatable bonds is 4. The van der Waals surface area contributed by atoms with Gasteiger partial charge >= 0.3 is 0 Å². The molecule has 1 fully saturated rings. The first-order valence-electron chi connectivity index (χ1n) is 9.65. The smallest absolute Gasteiger partial charge is 0.126 e. The third-order valence-corrected chi connectivity index (χ3v) is 5.71. The lowest BCUT2D eigenvalue weighted by molar-refractivity contribution is 0.0458. The van der Waals surface area contributed by atoms with Gasteiger partial charge in [-0.25, -0.2) is 4.39 Å². The van der Waals surface area contributed by atoms with Gasteiger partial charge in [0.05, 0.1) is 0 Å². The zero-order valence-electron chi connectivity index (χ0n) is 16.7. The molecule has 0 bridgehead atoms. The molecule has 2 aromatic rings. The van der Waals surface area contributed by atoms with E-state index in [9.17, 15) is 4.39 Å². The Labute approximate surface area is 157 Å². The maximum absolute atomic E-state index is 13.9. The van der Waals surface area contributed by atoms with Gasteiger partial charge in [-0.05, 0) is 55.1 Å². The minimum atomic E-state index is -0.106. The zero-order valence-corrected chi connectivity index (χ0v) is 16.7. The highest BCUT2D eigenvalue weighted by Crippen LogP contribution is 2.32. The molecule has 2 atom stereocenters. The molecule has 0 aromatic heterocycles. The van der Waals surface area contributed by atoms with E-state index in [4.69, 9.17) is 0 Å². The molecule has 0 spiro atoms. The van der Waals surface area contributed by atoms with Crippen LogP contribution in [0.3, 0.4) is 0 Å². The highest BCUT2D eigenvalue weighted by Gasteiger charge is 2.31. The van der Waals surface area contributed by atoms with Crippen LogP contribution in [-0.2, 0) is 6.54 Å². The van der Waals surface area contributed by atoms with E-state index in [0.717, 1.165) is 25.2 Å². The normalized spacial score (nSPS) is 22.1. The highest BCUT2D eigenvalue weighted by molar-refractivity contribution is 5.33. The molecule has 2 unspecified atom stereocenters. The third kappa shape index (κ3) is 3.99. The molecule has 2 aromatic carbocycles. The summed E-state index contributed by atoms with van der Waals surface area (Å²) in [5.74, 6) is 0.407. The van der Waals surface area contributed by atoms with Crippen molar-refractivity contribution in [3.63, 3.8) is 0 Å². The Bertz CT molecular complexity index is 756. The molecule has 2 nitrogen and oxygen atoms in total. The van der Waals surface area contributed by atoms with Crippen LogP contribution in [0.2, 0.25) is 0 Å². The Morgan fingerprint density at radius 1 is 1.12 bits per heavy atom. The van der Waals surface area contributed by atoms with E-state index in [0.29, 0.717) is 23.6 Å². The second-order valence-electron chi connectivity index (χ2n) is 8.10. The number of benzene rings is 2. The van der Waals surface area contributed by atoms with E-state index in [-0.39, 0.29) is 5.82 Å². The molecule has 1 saturated heterocycles. The highest BCUT2D eigenvalue weighted by atomic mass is 19.1. The van der Waals surface area contributed by atoms with Crippen molar-refractivity contribution >= 4 is 0 Å². The van der Waals surface area contributed by atoms with Crippen LogP contribution in [-0.4, -0.2) is 36.0 Å². The van der Waals surface area contributed by atoms with Crippen molar-refractivity contribution in [3.8, 4) is 0 Å². The SMILES string of the molecule is Cc1ccc(CN2CC(c3ccccc3C(C)C)N(C)CC2C)cc1F. The van der Waals surface area contributed by atoms with E-state index in [2.05, 4.69) is 68.0 Å². The van der Waals surface area contributed by atoms with E-state index in [1.807, 2.05) is 13.0 Å². The van der Waals surface area contributed by atoms with Gasteiger partial charge in [-0.3, -0.25) is 9.80 Å². The fraction of sp³-hybridized carbons (Fsp3) is 0.478. The predicted molar refractivity (Wildman–Crippen MR) is 107 cm³/mol. The van der Waals surface area contributed by atoms with Crippen molar-refractivity contribution in [2.75, 3.05) is 20.1 Å². The molecular formula is C23H31FN2. The summed E-state index contributed by atoms with van der Waals surface area (Å²) in [5, 5.41) is 0. The summed E-state index contributed by atoms with van der Waals surface area (Å²) >= 11 is 0. The van der Waals surface area contributed by atoms with Gasteiger partial charge in [-0.15, -0.1) is 0 Å². The van der Waals surface area contributed by atoms with Gasteiger partial charge < -0.3 is 0 Å². The number of halogens is 1. The Morgan fingerprint density at radius 2 is 1.85 bits per heavy atom. The van der Waals surface area contributed by atoms with Crippen molar-refractivity contribution in [2.45, 2.75) is 52.2 Å². The van der Waals surface area contributed by atoms with Crippen LogP contribution < -0.4 is 0 Å². The van der Waals surface area contributed by atoms with Crippen LogP contribution in [0.4, 0.5) is 4.39 Å². The van der Waals surface area contributed by atoms with Crippen molar-refractivity contribution in [2.24, 2.45) is 0 Å². The first-order chi connectivity index (χ1) is 12.4. The molecule has 3 heteroatoms. The molecular weight excluding hydrogens is 323 g/mol. The van der Waals surface area contributed by atoms with Crippen LogP contribution in [0.1, 0.15) is 55.0 Å². The minimum absolute atomic E-state index is 0.106. The maximum atomic E-state index is 13.9. The summed E-state index contributed by atoms with van der Waals surface area (Å²) in [7, 11) is 2.22. The van der Waals surface area contributed by atoms with Crippen molar-refractivity contribution < 1.29 is 4.39 Å². The van der Waals surface area contributed by atoms with E-state index >= 15 is 0 Å². The molecule has 3 rings (SSSR count). The zero-order chi connectivity index (χ0) is 18.8. The average Bonchev–Trinajstić information content (AvgIpc) is 2.60. The summed E-state index contributed by atoms with van der Waals surface area (Å²) in [4.78, 5) is 4.96. The van der Waals surface area contributed by atoms with Crippen LogP contribution in [0.15, 0.2) is 42.5 Å². The molecule has 0 radical (unpaired) electrons. The Morgan fingerprint density at radius 3 is 2.54 bits per heavy atom. The first kappa shape index (κ1) is 19.1. The Balaban J connectivity index is 1.84. The lowest BCUT2D eigenvalue weighted by Crippen LogP contribution is -2.51. The van der Waals surface area contributed by atoms with Crippen LogP contribution in [0.5, 0.6) is 0 Å². The largest absolute Gasteiger partial charge is 0.297 e. The van der Waals surface area contributed by atoms with Crippen LogP contribution >= 0.6 is 0 Å². The molecule has 1 heterocycles. The lowest BCUT2D eigenvalue weighted by atomic mass is 9.90. The molecule has 0 aliphatic carbocycles. The number of hydrogen-bond acceptors (Lipinski definition) is 2. The van der Waals surface area contributed by atoms with E-state index < -0.39 is 0 Å². The molecule has 1 aliphatic heterocycles. The summed E-state index contributed by atoms with van der Waals surface area (Å²) in [5.41, 5.74) is 4.63. The third-order valence-electron chi connectivity index (χ3n) is 5.71. The number of aryl methyl sites for hydroxylation is 1. The molecule has 0 N–H and O–H groups in total. The van der Waals surface area contributed by atoms with Gasteiger partial charge in [0.1, 0.15) is 5.82 Å². The second-order valence-corrected chi connectivity index (χ2v) is 8.10. The van der Waals surface area contributed by atoms with Crippen molar-refractivity contribution in [3.05, 3.63) is 70.5 Å². The molecule has 1 aliphatic rings. The number of hydrogen-bond donors (Lipinski definition) is 0. The van der Waals surface area contributed by atoms with Crippen molar-refractivity contribution in [1.82, 2.24) is 9.80 Å². The topological polar surface area (TPSA) is 6.48 Å². The van der Waals surface area contributed by atoms with Gasteiger partial charge in [0.15, 0.2) is 0 Å². The van der Waals surface area contributed by atoms with Gasteiger partial charge in [0.2, 0.25) is 0 Å². The Kier molecular flexibility index (Phi) is 5.79. The van der Waals surface area contributed by atoms with Gasteiger partial charge in [-0.1, -0.05) is 50.2 Å². The quantitative estimate of drug-likeness (QED) is 0.750. The summed E-state index contributed by atoms with van der Waals surface area (Å²) < 4.78 is 13.9. The minimum Gasteiger partial charge on any atom is -0.297 e. The number of piperazine rings is 1. The van der Waals surface area contributed by atoms with Crippen LogP contribution in [0.25, 0.3) is 0 Å². The predicted octanol–water partition coefficient (Wildman–Crippen LogP) is 5.13. The fourth-order valence-corrected chi connectivity index (χ4v) is 4.07. The van der Waals surface area contributed by atoms with Crippen LogP contribution in [0, 0.1) is 12.7 Å². The van der Waals surface area contributed by atoms with Crippen molar-refractivity contribution in [1.29, 1.82) is 0 Å². The lowest BCUT2D eigenvalue weighted by Gasteiger charge is -2.44. The monoisotopic (exact) mass is 354 g/mol. The number of likely N-dealkylation sites (N-methyl/N-ethyl adjacent to an activating group) is 1. The van der Waals surface area contributed by atoms with E-state index in [1.165, 1.54) is 11.1 Å². The number of nitrogens with zero attached hydrogens (tertiary/aromatic N) is 2. The van der Waals surface area contributed by atoms with E-state index in [1.54, 1.807) is 6.07 Å². The summed E-state index contributed by atoms with van der Waals surface area (Å²) in [6, 6.07) is 15.3. The summed E-state index contributed by atoms with van der Waals surface area (Å²) in [6.45, 7) is 11.4. The fourth-order valence-electron chi connectivity index (χ4n) is 4.07. The standard InChI is InChI=1S/C23H31FN2/c1-16(2)20-8-6-7-9-21(20)23-15-26(18(4)13-25(23)5)14-19-11-10-17(3)22(24)12-19/h6-12,16,18,23H,13-15H2,1-5H3. The summed E-state index contributed by atoms with van der Waals surface area (Å²) in [6.07, 6.45) is 0. The maximum Gasteiger partial charge on any atom is 0.126 e. The van der Waals surface area contributed by atoms with Gasteiger partial charge in [0, 0.05) is 31.7 Å². The molecule has 0 amide bonds. The average molecular weight is 355 g/mol. The van der Waals surface area contributed by atoms with Gasteiger partial charge in [-0.2, -0.15) is 0 Å². The first-order valence-corrected chi connectivity index (χ1v) is 9.65. The molecule has 140 valence electrons. The molecule has 0 saturated carbocycles. The van der Waals surface area contributed by atoms with Gasteiger partial charge in [0.25, 0.3) is 0 Å². The molecule has 26 heavy (non-hydrogen) atoms. The second kappa shape index (κ2) is 7.89. The Hall–Kier alpha value is -1.71.